The lowest BCUT2D eigenvalue weighted by Gasteiger charge is -2.19. The zero-order valence-electron chi connectivity index (χ0n) is 15.1. The number of alkyl halides is 3. The molecular formula is C15H26F3IN6S. The lowest BCUT2D eigenvalue weighted by Crippen LogP contribution is -2.45. The van der Waals surface area contributed by atoms with Crippen molar-refractivity contribution < 1.29 is 13.2 Å². The van der Waals surface area contributed by atoms with Gasteiger partial charge in [0.25, 0.3) is 0 Å². The third-order valence-corrected chi connectivity index (χ3v) is 4.74. The van der Waals surface area contributed by atoms with Crippen molar-refractivity contribution in [3.8, 4) is 0 Å². The summed E-state index contributed by atoms with van der Waals surface area (Å²) in [5, 5.41) is 9.24. The Morgan fingerprint density at radius 2 is 2.19 bits per heavy atom. The fourth-order valence-corrected chi connectivity index (χ4v) is 3.34. The molecule has 2 rings (SSSR count). The Morgan fingerprint density at radius 1 is 1.46 bits per heavy atom. The van der Waals surface area contributed by atoms with Gasteiger partial charge in [-0.3, -0.25) is 4.90 Å². The van der Waals surface area contributed by atoms with Gasteiger partial charge in [-0.25, -0.2) is 9.98 Å². The highest BCUT2D eigenvalue weighted by Gasteiger charge is 2.34. The molecule has 1 aliphatic heterocycles. The van der Waals surface area contributed by atoms with Gasteiger partial charge in [-0.1, -0.05) is 0 Å². The van der Waals surface area contributed by atoms with Gasteiger partial charge in [0.2, 0.25) is 0 Å². The molecule has 0 aromatic carbocycles. The van der Waals surface area contributed by atoms with E-state index in [9.17, 15) is 13.2 Å². The van der Waals surface area contributed by atoms with E-state index in [4.69, 9.17) is 0 Å². The van der Waals surface area contributed by atoms with Crippen molar-refractivity contribution >= 4 is 46.4 Å². The van der Waals surface area contributed by atoms with Crippen LogP contribution in [0.1, 0.15) is 19.0 Å². The molecule has 2 N–H and O–H groups in total. The monoisotopic (exact) mass is 506 g/mol. The minimum absolute atomic E-state index is 0. The molecule has 2 heterocycles. The van der Waals surface area contributed by atoms with Gasteiger partial charge in [-0.05, 0) is 13.3 Å². The smallest absolute Gasteiger partial charge is 0.357 e. The maximum Gasteiger partial charge on any atom is 0.401 e. The third kappa shape index (κ3) is 7.82. The van der Waals surface area contributed by atoms with Gasteiger partial charge in [-0.15, -0.1) is 35.3 Å². The zero-order chi connectivity index (χ0) is 18.4. The second kappa shape index (κ2) is 10.5. The van der Waals surface area contributed by atoms with Gasteiger partial charge in [0.15, 0.2) is 11.1 Å². The molecule has 0 saturated carbocycles. The summed E-state index contributed by atoms with van der Waals surface area (Å²) in [6.45, 7) is 3.02. The van der Waals surface area contributed by atoms with Crippen LogP contribution in [0.4, 0.5) is 18.3 Å². The zero-order valence-corrected chi connectivity index (χ0v) is 18.3. The lowest BCUT2D eigenvalue weighted by molar-refractivity contribution is -0.143. The van der Waals surface area contributed by atoms with Gasteiger partial charge in [0.1, 0.15) is 0 Å². The molecule has 1 saturated heterocycles. The van der Waals surface area contributed by atoms with E-state index in [0.29, 0.717) is 38.6 Å². The summed E-state index contributed by atoms with van der Waals surface area (Å²) in [6.07, 6.45) is -3.48. The number of hydrogen-bond acceptors (Lipinski definition) is 5. The van der Waals surface area contributed by atoms with Crippen molar-refractivity contribution in [1.82, 2.24) is 20.5 Å². The second-order valence-corrected chi connectivity index (χ2v) is 7.03. The maximum atomic E-state index is 12.5. The molecule has 1 aromatic heterocycles. The highest BCUT2D eigenvalue weighted by atomic mass is 127. The molecule has 150 valence electrons. The number of thiazole rings is 1. The van der Waals surface area contributed by atoms with Crippen molar-refractivity contribution in [2.24, 2.45) is 4.99 Å². The highest BCUT2D eigenvalue weighted by molar-refractivity contribution is 14.0. The average Bonchev–Trinajstić information content (AvgIpc) is 3.13. The number of likely N-dealkylation sites (tertiary alicyclic amines) is 1. The van der Waals surface area contributed by atoms with Crippen LogP contribution < -0.4 is 15.5 Å². The number of nitrogens with zero attached hydrogens (tertiary/aromatic N) is 4. The summed E-state index contributed by atoms with van der Waals surface area (Å²) in [4.78, 5) is 12.3. The first-order valence-electron chi connectivity index (χ1n) is 8.22. The summed E-state index contributed by atoms with van der Waals surface area (Å²) in [7, 11) is 3.87. The molecule has 0 radical (unpaired) electrons. The fourth-order valence-electron chi connectivity index (χ4n) is 2.60. The number of halogens is 4. The summed E-state index contributed by atoms with van der Waals surface area (Å²) >= 11 is 1.55. The normalized spacial score (nSPS) is 18.5. The predicted octanol–water partition coefficient (Wildman–Crippen LogP) is 2.52. The number of nitrogens with one attached hydrogen (secondary N) is 2. The summed E-state index contributed by atoms with van der Waals surface area (Å²) in [5.41, 5.74) is 0.871. The molecule has 0 amide bonds. The fraction of sp³-hybridized carbons (Fsp3) is 0.733. The number of guanidine groups is 1. The standard InChI is InChI=1S/C15H25F3N6S.HI/c1-4-19-13(20-7-12-9-25-14(22-12)23(2)3)21-11-5-6-24(8-11)10-15(16,17)18;/h9,11H,4-8,10H2,1-3H3,(H2,19,20,21);1H. The first kappa shape index (κ1) is 23.2. The van der Waals surface area contributed by atoms with Crippen LogP contribution in [0.2, 0.25) is 0 Å². The highest BCUT2D eigenvalue weighted by Crippen LogP contribution is 2.20. The van der Waals surface area contributed by atoms with E-state index in [-0.39, 0.29) is 30.0 Å². The Kier molecular flexibility index (Phi) is 9.38. The van der Waals surface area contributed by atoms with E-state index in [1.54, 1.807) is 11.3 Å². The third-order valence-electron chi connectivity index (χ3n) is 3.68. The lowest BCUT2D eigenvalue weighted by atomic mass is 10.3. The van der Waals surface area contributed by atoms with Crippen LogP contribution in [0.25, 0.3) is 0 Å². The van der Waals surface area contributed by atoms with Crippen LogP contribution in [-0.2, 0) is 6.54 Å². The van der Waals surface area contributed by atoms with Crippen LogP contribution in [0.15, 0.2) is 10.4 Å². The van der Waals surface area contributed by atoms with E-state index < -0.39 is 12.7 Å². The molecule has 26 heavy (non-hydrogen) atoms. The number of hydrogen-bond donors (Lipinski definition) is 2. The quantitative estimate of drug-likeness (QED) is 0.353. The summed E-state index contributed by atoms with van der Waals surface area (Å²) < 4.78 is 37.4. The maximum absolute atomic E-state index is 12.5. The molecule has 11 heteroatoms. The van der Waals surface area contributed by atoms with Crippen LogP contribution in [-0.4, -0.2) is 68.3 Å². The van der Waals surface area contributed by atoms with Crippen molar-refractivity contribution in [3.05, 3.63) is 11.1 Å². The first-order chi connectivity index (χ1) is 11.8. The molecular weight excluding hydrogens is 480 g/mol. The topological polar surface area (TPSA) is 55.8 Å². The number of rotatable bonds is 6. The Hall–Kier alpha value is -0.820. The molecule has 0 spiro atoms. The van der Waals surface area contributed by atoms with Crippen molar-refractivity contribution in [1.29, 1.82) is 0 Å². The van der Waals surface area contributed by atoms with Gasteiger partial charge in [-0.2, -0.15) is 13.2 Å². The van der Waals surface area contributed by atoms with Crippen LogP contribution in [0, 0.1) is 0 Å². The van der Waals surface area contributed by atoms with E-state index in [1.165, 1.54) is 4.90 Å². The van der Waals surface area contributed by atoms with E-state index in [0.717, 1.165) is 10.8 Å². The average molecular weight is 506 g/mol. The van der Waals surface area contributed by atoms with Gasteiger partial charge < -0.3 is 15.5 Å². The molecule has 0 aliphatic carbocycles. The number of aliphatic imine (C=N–C) groups is 1. The molecule has 1 aliphatic rings. The van der Waals surface area contributed by atoms with E-state index >= 15 is 0 Å². The number of anilines is 1. The van der Waals surface area contributed by atoms with Crippen molar-refractivity contribution in [2.75, 3.05) is 45.2 Å². The number of aromatic nitrogens is 1. The molecule has 1 atom stereocenters. The SMILES string of the molecule is CCNC(=NCc1csc(N(C)C)n1)NC1CCN(CC(F)(F)F)C1.I. The van der Waals surface area contributed by atoms with Gasteiger partial charge >= 0.3 is 6.18 Å². The Bertz CT molecular complexity index is 578. The minimum atomic E-state index is -4.15. The molecule has 1 unspecified atom stereocenters. The Labute approximate surface area is 173 Å². The van der Waals surface area contributed by atoms with Crippen molar-refractivity contribution in [2.45, 2.75) is 32.1 Å². The predicted molar refractivity (Wildman–Crippen MR) is 111 cm³/mol. The van der Waals surface area contributed by atoms with Crippen LogP contribution >= 0.6 is 35.3 Å². The van der Waals surface area contributed by atoms with Crippen LogP contribution in [0.3, 0.4) is 0 Å². The van der Waals surface area contributed by atoms with Gasteiger partial charge in [0, 0.05) is 45.2 Å². The van der Waals surface area contributed by atoms with E-state index in [2.05, 4.69) is 20.6 Å². The molecule has 1 fully saturated rings. The Morgan fingerprint density at radius 3 is 2.77 bits per heavy atom. The second-order valence-electron chi connectivity index (χ2n) is 6.19. The summed E-state index contributed by atoms with van der Waals surface area (Å²) in [5.74, 6) is 0.612. The first-order valence-corrected chi connectivity index (χ1v) is 9.10. The van der Waals surface area contributed by atoms with Gasteiger partial charge in [0.05, 0.1) is 18.8 Å². The Balaban J connectivity index is 0.00000338. The molecule has 6 nitrogen and oxygen atoms in total. The van der Waals surface area contributed by atoms with Crippen LogP contribution in [0.5, 0.6) is 0 Å². The largest absolute Gasteiger partial charge is 0.401 e. The minimum Gasteiger partial charge on any atom is -0.357 e. The van der Waals surface area contributed by atoms with E-state index in [1.807, 2.05) is 31.3 Å². The van der Waals surface area contributed by atoms with Crippen molar-refractivity contribution in [3.63, 3.8) is 0 Å². The molecule has 0 bridgehead atoms. The summed E-state index contributed by atoms with van der Waals surface area (Å²) in [6, 6.07) is -0.0343. The molecule has 1 aromatic rings.